The quantitative estimate of drug-likeness (QED) is 0.784. The molecule has 0 spiro atoms. The molecule has 0 unspecified atom stereocenters. The lowest BCUT2D eigenvalue weighted by Gasteiger charge is -2.30. The van der Waals surface area contributed by atoms with Crippen molar-refractivity contribution >= 4 is 21.6 Å². The third-order valence-corrected chi connectivity index (χ3v) is 6.00. The van der Waals surface area contributed by atoms with Crippen LogP contribution in [0.4, 0.5) is 0 Å². The second-order valence-corrected chi connectivity index (χ2v) is 8.80. The number of hydrogen-bond acceptors (Lipinski definition) is 5. The van der Waals surface area contributed by atoms with Crippen molar-refractivity contribution < 1.29 is 13.2 Å². The summed E-state index contributed by atoms with van der Waals surface area (Å²) in [6.07, 6.45) is 2.15. The normalized spacial score (nSPS) is 18.1. The highest BCUT2D eigenvalue weighted by atomic mass is 32.2. The van der Waals surface area contributed by atoms with Gasteiger partial charge in [0.1, 0.15) is 0 Å². The zero-order chi connectivity index (χ0) is 19.1. The highest BCUT2D eigenvalue weighted by Crippen LogP contribution is 2.20. The van der Waals surface area contributed by atoms with Crippen LogP contribution in [0.25, 0.3) is 5.65 Å². The number of aromatic amines is 1. The number of carbonyl (C=O) groups excluding carboxylic acids is 1. The molecule has 1 fully saturated rings. The Bertz CT molecular complexity index is 986. The smallest absolute Gasteiger partial charge is 0.272 e. The molecule has 2 aromatic heterocycles. The fourth-order valence-corrected chi connectivity index (χ4v) is 4.08. The van der Waals surface area contributed by atoms with Gasteiger partial charge in [-0.1, -0.05) is 0 Å². The highest BCUT2D eigenvalue weighted by molar-refractivity contribution is 7.88. The maximum atomic E-state index is 12.5. The maximum absolute atomic E-state index is 12.5. The average molecular weight is 381 g/mol. The van der Waals surface area contributed by atoms with Crippen molar-refractivity contribution in [2.24, 2.45) is 5.92 Å². The molecule has 1 amide bonds. The van der Waals surface area contributed by atoms with Gasteiger partial charge in [0.25, 0.3) is 5.56 Å². The first kappa shape index (κ1) is 18.6. The molecule has 3 rings (SSSR count). The number of rotatable bonds is 4. The zero-order valence-electron chi connectivity index (χ0n) is 15.0. The number of amides is 1. The Morgan fingerprint density at radius 3 is 2.62 bits per heavy atom. The Morgan fingerprint density at radius 1 is 1.35 bits per heavy atom. The number of carbonyl (C=O) groups is 1. The van der Waals surface area contributed by atoms with Crippen LogP contribution in [-0.4, -0.2) is 52.6 Å². The van der Waals surface area contributed by atoms with E-state index in [1.165, 1.54) is 21.1 Å². The van der Waals surface area contributed by atoms with Gasteiger partial charge in [-0.25, -0.2) is 22.2 Å². The predicted molar refractivity (Wildman–Crippen MR) is 96.2 cm³/mol. The van der Waals surface area contributed by atoms with E-state index in [4.69, 9.17) is 0 Å². The van der Waals surface area contributed by atoms with Crippen molar-refractivity contribution in [1.82, 2.24) is 24.2 Å². The molecule has 142 valence electrons. The lowest BCUT2D eigenvalue weighted by Crippen LogP contribution is -2.43. The van der Waals surface area contributed by atoms with Gasteiger partial charge in [-0.2, -0.15) is 0 Å². The average Bonchev–Trinajstić information content (AvgIpc) is 2.95. The first-order valence-electron chi connectivity index (χ1n) is 8.50. The van der Waals surface area contributed by atoms with Crippen molar-refractivity contribution in [2.45, 2.75) is 32.7 Å². The molecule has 3 heterocycles. The van der Waals surface area contributed by atoms with Gasteiger partial charge in [0.05, 0.1) is 18.0 Å². The number of hydrogen-bond donors (Lipinski definition) is 2. The number of aromatic nitrogens is 3. The maximum Gasteiger partial charge on any atom is 0.272 e. The Labute approximate surface area is 151 Å². The molecule has 0 bridgehead atoms. The van der Waals surface area contributed by atoms with Gasteiger partial charge in [0, 0.05) is 36.8 Å². The van der Waals surface area contributed by atoms with Gasteiger partial charge in [-0.15, -0.1) is 0 Å². The molecule has 1 aliphatic heterocycles. The Morgan fingerprint density at radius 2 is 2.00 bits per heavy atom. The summed E-state index contributed by atoms with van der Waals surface area (Å²) in [5.41, 5.74) is 1.59. The molecule has 10 heteroatoms. The minimum absolute atomic E-state index is 0.141. The van der Waals surface area contributed by atoms with Crippen LogP contribution in [0.2, 0.25) is 0 Å². The second kappa shape index (κ2) is 6.84. The number of nitrogens with zero attached hydrogens (tertiary/aromatic N) is 3. The number of nitrogens with one attached hydrogen (secondary N) is 2. The van der Waals surface area contributed by atoms with E-state index < -0.39 is 16.1 Å². The molecule has 0 aliphatic carbocycles. The molecular weight excluding hydrogens is 358 g/mol. The molecule has 1 aliphatic rings. The first-order chi connectivity index (χ1) is 12.1. The molecule has 0 radical (unpaired) electrons. The van der Waals surface area contributed by atoms with E-state index in [0.29, 0.717) is 37.3 Å². The van der Waals surface area contributed by atoms with E-state index in [1.807, 2.05) is 6.92 Å². The number of piperidine rings is 1. The van der Waals surface area contributed by atoms with Crippen molar-refractivity contribution in [3.63, 3.8) is 0 Å². The van der Waals surface area contributed by atoms with Gasteiger partial charge in [0.15, 0.2) is 5.65 Å². The summed E-state index contributed by atoms with van der Waals surface area (Å²) in [5, 5.41) is 5.79. The van der Waals surface area contributed by atoms with Crippen LogP contribution in [-0.2, 0) is 14.8 Å². The van der Waals surface area contributed by atoms with Gasteiger partial charge >= 0.3 is 0 Å². The summed E-state index contributed by atoms with van der Waals surface area (Å²) in [4.78, 5) is 29.1. The summed E-state index contributed by atoms with van der Waals surface area (Å²) in [6.45, 7) is 4.31. The van der Waals surface area contributed by atoms with Crippen molar-refractivity contribution in [2.75, 3.05) is 19.3 Å². The number of sulfonamides is 1. The van der Waals surface area contributed by atoms with Crippen LogP contribution in [0.1, 0.15) is 37.2 Å². The Kier molecular flexibility index (Phi) is 4.89. The van der Waals surface area contributed by atoms with Crippen LogP contribution in [0.15, 0.2) is 16.9 Å². The van der Waals surface area contributed by atoms with Gasteiger partial charge in [-0.3, -0.25) is 14.7 Å². The largest absolute Gasteiger partial charge is 0.348 e. The van der Waals surface area contributed by atoms with Gasteiger partial charge < -0.3 is 5.32 Å². The second-order valence-electron chi connectivity index (χ2n) is 6.82. The van der Waals surface area contributed by atoms with E-state index in [1.54, 1.807) is 13.0 Å². The monoisotopic (exact) mass is 381 g/mol. The fraction of sp³-hybridized carbons (Fsp3) is 0.562. The van der Waals surface area contributed by atoms with Crippen LogP contribution >= 0.6 is 0 Å². The topological polar surface area (TPSA) is 117 Å². The summed E-state index contributed by atoms with van der Waals surface area (Å²) in [7, 11) is -3.21. The van der Waals surface area contributed by atoms with E-state index in [2.05, 4.69) is 15.4 Å². The third-order valence-electron chi connectivity index (χ3n) is 4.69. The van der Waals surface area contributed by atoms with Gasteiger partial charge in [-0.05, 0) is 26.7 Å². The van der Waals surface area contributed by atoms with E-state index in [9.17, 15) is 18.0 Å². The standard InChI is InChI=1S/C16H23N5O4S/c1-10-8-14-18-13(9-15(22)21(14)19-10)11(2)17-16(23)12-4-6-20(7-5-12)26(3,24)25/h8-9,11-12,19H,4-7H2,1-3H3,(H,17,23)/t11-/m1/s1. The van der Waals surface area contributed by atoms with Crippen LogP contribution in [0, 0.1) is 12.8 Å². The SMILES string of the molecule is Cc1cc2nc([C@@H](C)NC(=O)C3CCN(S(C)(=O)=O)CC3)cc(=O)n2[nH]1. The molecule has 2 aromatic rings. The van der Waals surface area contributed by atoms with Crippen LogP contribution in [0.5, 0.6) is 0 Å². The minimum Gasteiger partial charge on any atom is -0.348 e. The highest BCUT2D eigenvalue weighted by Gasteiger charge is 2.29. The third kappa shape index (κ3) is 3.80. The van der Waals surface area contributed by atoms with E-state index in [0.717, 1.165) is 5.69 Å². The zero-order valence-corrected chi connectivity index (χ0v) is 15.8. The first-order valence-corrected chi connectivity index (χ1v) is 10.3. The molecular formula is C16H23N5O4S. The van der Waals surface area contributed by atoms with Crippen molar-refractivity contribution in [3.8, 4) is 0 Å². The van der Waals surface area contributed by atoms with E-state index in [-0.39, 0.29) is 17.4 Å². The number of H-pyrrole nitrogens is 1. The van der Waals surface area contributed by atoms with Crippen molar-refractivity contribution in [1.29, 1.82) is 0 Å². The predicted octanol–water partition coefficient (Wildman–Crippen LogP) is 0.180. The van der Waals surface area contributed by atoms with Crippen LogP contribution in [0.3, 0.4) is 0 Å². The molecule has 26 heavy (non-hydrogen) atoms. The molecule has 2 N–H and O–H groups in total. The summed E-state index contributed by atoms with van der Waals surface area (Å²) in [6, 6.07) is 2.75. The van der Waals surface area contributed by atoms with Crippen molar-refractivity contribution in [3.05, 3.63) is 33.9 Å². The molecule has 0 saturated carbocycles. The summed E-state index contributed by atoms with van der Waals surface area (Å²) in [5.74, 6) is -0.382. The molecule has 1 atom stereocenters. The van der Waals surface area contributed by atoms with E-state index >= 15 is 0 Å². The lowest BCUT2D eigenvalue weighted by molar-refractivity contribution is -0.126. The number of fused-ring (bicyclic) bond motifs is 1. The molecule has 0 aromatic carbocycles. The summed E-state index contributed by atoms with van der Waals surface area (Å²) < 4.78 is 25.8. The van der Waals surface area contributed by atoms with Gasteiger partial charge in [0.2, 0.25) is 15.9 Å². The number of aryl methyl sites for hydroxylation is 1. The Balaban J connectivity index is 1.67. The minimum atomic E-state index is -3.21. The Hall–Kier alpha value is -2.20. The fourth-order valence-electron chi connectivity index (χ4n) is 3.21. The summed E-state index contributed by atoms with van der Waals surface area (Å²) >= 11 is 0. The molecule has 9 nitrogen and oxygen atoms in total. The van der Waals surface area contributed by atoms with Crippen LogP contribution < -0.4 is 10.9 Å². The lowest BCUT2D eigenvalue weighted by atomic mass is 9.97. The molecule has 1 saturated heterocycles.